The van der Waals surface area contributed by atoms with Crippen molar-refractivity contribution in [3.63, 3.8) is 0 Å². The molecule has 0 unspecified atom stereocenters. The Morgan fingerprint density at radius 3 is 2.78 bits per heavy atom. The van der Waals surface area contributed by atoms with Gasteiger partial charge in [-0.05, 0) is 11.6 Å². The van der Waals surface area contributed by atoms with E-state index in [9.17, 15) is 0 Å². The molecule has 0 amide bonds. The third kappa shape index (κ3) is 1.55. The Labute approximate surface area is 56.9 Å². The van der Waals surface area contributed by atoms with Crippen LogP contribution in [0.1, 0.15) is 0 Å². The summed E-state index contributed by atoms with van der Waals surface area (Å²) in [6.07, 6.45) is 0. The van der Waals surface area contributed by atoms with Gasteiger partial charge in [0.2, 0.25) is 5.29 Å². The van der Waals surface area contributed by atoms with Gasteiger partial charge in [0.25, 0.3) is 0 Å². The first-order chi connectivity index (χ1) is 4.18. The third-order valence-corrected chi connectivity index (χ3v) is 0.931. The molecule has 0 aromatic rings. The molecule has 0 saturated heterocycles. The van der Waals surface area contributed by atoms with Gasteiger partial charge < -0.3 is 5.73 Å². The van der Waals surface area contributed by atoms with Crippen molar-refractivity contribution >= 4 is 22.7 Å². The van der Waals surface area contributed by atoms with Crippen LogP contribution in [0.5, 0.6) is 0 Å². The monoisotopic (exact) mass is 147 g/mol. The molecule has 9 heavy (non-hydrogen) atoms. The molecule has 0 saturated carbocycles. The van der Waals surface area contributed by atoms with Gasteiger partial charge in [-0.1, -0.05) is 0 Å². The van der Waals surface area contributed by atoms with E-state index in [0.29, 0.717) is 12.4 Å². The van der Waals surface area contributed by atoms with Gasteiger partial charge in [0.15, 0.2) is 0 Å². The Morgan fingerprint density at radius 2 is 2.33 bits per heavy atom. The summed E-state index contributed by atoms with van der Waals surface area (Å²) in [5.74, 6) is 5.59. The largest absolute Gasteiger partial charge is 0.385 e. The van der Waals surface area contributed by atoms with Crippen molar-refractivity contribution in [1.29, 1.82) is 0 Å². The number of hydrazine groups is 1. The average molecular weight is 148 g/mol. The topological polar surface area (TPSA) is 80.0 Å². The maximum Gasteiger partial charge on any atom is 0.243 e. The molecule has 5 nitrogen and oxygen atoms in total. The van der Waals surface area contributed by atoms with E-state index in [-0.39, 0.29) is 5.29 Å². The fourth-order valence-corrected chi connectivity index (χ4v) is 0.689. The molecular formula is C3H6ClN5. The number of amidine groups is 2. The van der Waals surface area contributed by atoms with Gasteiger partial charge in [0.1, 0.15) is 12.4 Å². The normalized spacial score (nSPS) is 19.1. The first-order valence-electron chi connectivity index (χ1n) is 2.28. The summed E-state index contributed by atoms with van der Waals surface area (Å²) in [6.45, 7) is 0.330. The zero-order valence-corrected chi connectivity index (χ0v) is 5.34. The van der Waals surface area contributed by atoms with Gasteiger partial charge >= 0.3 is 0 Å². The lowest BCUT2D eigenvalue weighted by molar-refractivity contribution is 0.340. The van der Waals surface area contributed by atoms with Crippen LogP contribution in [0.3, 0.4) is 0 Å². The Kier molecular flexibility index (Phi) is 1.54. The molecular weight excluding hydrogens is 142 g/mol. The third-order valence-electron chi connectivity index (χ3n) is 0.771. The Balaban J connectivity index is 2.74. The molecule has 1 rings (SSSR count). The van der Waals surface area contributed by atoms with E-state index in [2.05, 4.69) is 10.1 Å². The Bertz CT molecular complexity index is 173. The van der Waals surface area contributed by atoms with Crippen LogP contribution in [0.25, 0.3) is 0 Å². The molecule has 6 heteroatoms. The zero-order chi connectivity index (χ0) is 6.85. The van der Waals surface area contributed by atoms with Crippen LogP contribution in [-0.2, 0) is 0 Å². The second-order valence-electron chi connectivity index (χ2n) is 1.57. The number of halogens is 1. The predicted molar refractivity (Wildman–Crippen MR) is 35.8 cm³/mol. The standard InChI is InChI=1S/C3H6ClN5/c4-3-7-2(5)1-9(6)8-3/h1,6H2,(H2,5,7,8). The highest BCUT2D eigenvalue weighted by atomic mass is 35.5. The molecule has 1 aliphatic rings. The summed E-state index contributed by atoms with van der Waals surface area (Å²) < 4.78 is 0. The fraction of sp³-hybridized carbons (Fsp3) is 0.333. The van der Waals surface area contributed by atoms with Gasteiger partial charge in [0, 0.05) is 0 Å². The van der Waals surface area contributed by atoms with Gasteiger partial charge in [0.05, 0.1) is 0 Å². The van der Waals surface area contributed by atoms with E-state index in [1.165, 1.54) is 0 Å². The maximum atomic E-state index is 5.37. The number of hydrogen-bond acceptors (Lipinski definition) is 5. The summed E-state index contributed by atoms with van der Waals surface area (Å²) in [5.41, 5.74) is 5.28. The summed E-state index contributed by atoms with van der Waals surface area (Å²) in [6, 6.07) is 0. The molecule has 0 aromatic heterocycles. The first-order valence-corrected chi connectivity index (χ1v) is 2.65. The van der Waals surface area contributed by atoms with Crippen LogP contribution in [0.2, 0.25) is 0 Å². The van der Waals surface area contributed by atoms with E-state index in [1.54, 1.807) is 0 Å². The van der Waals surface area contributed by atoms with Crippen molar-refractivity contribution < 1.29 is 0 Å². The zero-order valence-electron chi connectivity index (χ0n) is 4.58. The minimum absolute atomic E-state index is 0.0706. The summed E-state index contributed by atoms with van der Waals surface area (Å²) in [4.78, 5) is 3.62. The second kappa shape index (κ2) is 2.20. The summed E-state index contributed by atoms with van der Waals surface area (Å²) >= 11 is 5.37. The van der Waals surface area contributed by atoms with E-state index in [0.717, 1.165) is 5.12 Å². The van der Waals surface area contributed by atoms with Crippen molar-refractivity contribution in [3.8, 4) is 0 Å². The van der Waals surface area contributed by atoms with Crippen LogP contribution in [0.15, 0.2) is 10.1 Å². The summed E-state index contributed by atoms with van der Waals surface area (Å²) in [5, 5.41) is 4.76. The second-order valence-corrected chi connectivity index (χ2v) is 1.91. The number of rotatable bonds is 0. The van der Waals surface area contributed by atoms with E-state index in [1.807, 2.05) is 0 Å². The highest BCUT2D eigenvalue weighted by Gasteiger charge is 2.06. The van der Waals surface area contributed by atoms with Gasteiger partial charge in [-0.2, -0.15) is 0 Å². The van der Waals surface area contributed by atoms with Crippen molar-refractivity contribution in [1.82, 2.24) is 5.12 Å². The number of hydrogen-bond donors (Lipinski definition) is 2. The quantitative estimate of drug-likeness (QED) is 0.342. The molecule has 0 atom stereocenters. The van der Waals surface area contributed by atoms with E-state index in [4.69, 9.17) is 23.2 Å². The molecule has 4 N–H and O–H groups in total. The van der Waals surface area contributed by atoms with Crippen LogP contribution >= 0.6 is 11.6 Å². The highest BCUT2D eigenvalue weighted by molar-refractivity contribution is 6.65. The maximum absolute atomic E-state index is 5.37. The lowest BCUT2D eigenvalue weighted by Crippen LogP contribution is -2.38. The van der Waals surface area contributed by atoms with Gasteiger partial charge in [-0.15, -0.1) is 5.10 Å². The number of hydrazone groups is 1. The lowest BCUT2D eigenvalue weighted by Gasteiger charge is -2.14. The van der Waals surface area contributed by atoms with Crippen molar-refractivity contribution in [2.75, 3.05) is 6.54 Å². The molecule has 1 heterocycles. The number of aliphatic imine (C=N–C) groups is 1. The van der Waals surface area contributed by atoms with Crippen LogP contribution < -0.4 is 11.6 Å². The summed E-state index contributed by atoms with van der Waals surface area (Å²) in [7, 11) is 0. The van der Waals surface area contributed by atoms with Gasteiger partial charge in [-0.3, -0.25) is 0 Å². The van der Waals surface area contributed by atoms with Crippen LogP contribution in [0, 0.1) is 0 Å². The Hall–Kier alpha value is -0.810. The Morgan fingerprint density at radius 1 is 1.67 bits per heavy atom. The van der Waals surface area contributed by atoms with Crippen molar-refractivity contribution in [2.24, 2.45) is 21.7 Å². The number of nitrogens with two attached hydrogens (primary N) is 2. The SMILES string of the molecule is NC1=NC(Cl)=NN(N)C1. The predicted octanol–water partition coefficient (Wildman–Crippen LogP) is -0.957. The number of nitrogens with zero attached hydrogens (tertiary/aromatic N) is 3. The molecule has 0 fully saturated rings. The van der Waals surface area contributed by atoms with Crippen LogP contribution in [0.4, 0.5) is 0 Å². The highest BCUT2D eigenvalue weighted by Crippen LogP contribution is 1.95. The molecule has 0 radical (unpaired) electrons. The van der Waals surface area contributed by atoms with Crippen LogP contribution in [-0.4, -0.2) is 22.8 Å². The first kappa shape index (κ1) is 6.31. The van der Waals surface area contributed by atoms with E-state index < -0.39 is 0 Å². The minimum atomic E-state index is 0.0706. The van der Waals surface area contributed by atoms with Crippen molar-refractivity contribution in [2.45, 2.75) is 0 Å². The average Bonchev–Trinajstić information content (AvgIpc) is 1.59. The molecule has 1 aliphatic heterocycles. The minimum Gasteiger partial charge on any atom is -0.385 e. The van der Waals surface area contributed by atoms with Gasteiger partial charge in [-0.25, -0.2) is 16.0 Å². The fourth-order valence-electron chi connectivity index (χ4n) is 0.484. The molecule has 0 spiro atoms. The molecule has 0 bridgehead atoms. The van der Waals surface area contributed by atoms with E-state index >= 15 is 0 Å². The molecule has 0 aromatic carbocycles. The van der Waals surface area contributed by atoms with Crippen molar-refractivity contribution in [3.05, 3.63) is 0 Å². The smallest absolute Gasteiger partial charge is 0.243 e. The molecule has 50 valence electrons. The lowest BCUT2D eigenvalue weighted by atomic mass is 10.6. The molecule has 0 aliphatic carbocycles.